The molecule has 1 N–H and O–H groups in total. The predicted octanol–water partition coefficient (Wildman–Crippen LogP) is 4.58. The van der Waals surface area contributed by atoms with Gasteiger partial charge in [0.15, 0.2) is 0 Å². The highest BCUT2D eigenvalue weighted by Gasteiger charge is 2.30. The Balaban J connectivity index is 1.84. The number of benzene rings is 3. The van der Waals surface area contributed by atoms with E-state index in [2.05, 4.69) is 5.32 Å². The number of hydrogen-bond acceptors (Lipinski definition) is 5. The van der Waals surface area contributed by atoms with Crippen LogP contribution in [0.1, 0.15) is 32.8 Å². The summed E-state index contributed by atoms with van der Waals surface area (Å²) in [5.41, 5.74) is 1.15. The van der Waals surface area contributed by atoms with Crippen LogP contribution in [0.3, 0.4) is 0 Å². The van der Waals surface area contributed by atoms with Crippen LogP contribution in [0.5, 0.6) is 11.5 Å². The van der Waals surface area contributed by atoms with Gasteiger partial charge in [-0.3, -0.25) is 13.9 Å². The summed E-state index contributed by atoms with van der Waals surface area (Å²) >= 11 is 0. The maximum Gasteiger partial charge on any atom is 0.244 e. The van der Waals surface area contributed by atoms with Gasteiger partial charge in [0, 0.05) is 12.6 Å². The van der Waals surface area contributed by atoms with E-state index in [1.807, 2.05) is 74.5 Å². The second-order valence-corrected chi connectivity index (χ2v) is 11.1. The molecular formula is C29H35N3O5S. The highest BCUT2D eigenvalue weighted by atomic mass is 32.2. The first-order valence-electron chi connectivity index (χ1n) is 12.5. The molecule has 3 aromatic carbocycles. The second kappa shape index (κ2) is 13.1. The molecule has 0 radical (unpaired) electrons. The van der Waals surface area contributed by atoms with Crippen molar-refractivity contribution in [1.29, 1.82) is 0 Å². The molecule has 8 nitrogen and oxygen atoms in total. The third-order valence-corrected chi connectivity index (χ3v) is 7.29. The number of para-hydroxylation sites is 1. The van der Waals surface area contributed by atoms with Gasteiger partial charge in [-0.15, -0.1) is 0 Å². The zero-order valence-electron chi connectivity index (χ0n) is 22.2. The number of amides is 2. The van der Waals surface area contributed by atoms with Crippen molar-refractivity contribution in [3.05, 3.63) is 90.5 Å². The number of hydrogen-bond donors (Lipinski definition) is 1. The quantitative estimate of drug-likeness (QED) is 0.365. The van der Waals surface area contributed by atoms with Gasteiger partial charge in [-0.1, -0.05) is 55.5 Å². The average molecular weight is 538 g/mol. The lowest BCUT2D eigenvalue weighted by Gasteiger charge is -2.32. The molecule has 2 amide bonds. The van der Waals surface area contributed by atoms with Crippen molar-refractivity contribution >= 4 is 27.5 Å². The third-order valence-electron chi connectivity index (χ3n) is 6.15. The van der Waals surface area contributed by atoms with Gasteiger partial charge in [0.25, 0.3) is 0 Å². The standard InChI is InChI=1S/C29H35N3O5S/c1-5-22(2)30-29(34)23(3)31(20-24-12-8-6-9-13-24)28(33)21-32(38(4,35)36)25-16-18-27(19-17-25)37-26-14-10-7-11-15-26/h6-19,22-23H,5,20-21H2,1-4H3,(H,30,34)/t22-,23+/m1/s1. The molecule has 0 spiro atoms. The molecule has 38 heavy (non-hydrogen) atoms. The highest BCUT2D eigenvalue weighted by molar-refractivity contribution is 7.92. The zero-order chi connectivity index (χ0) is 27.7. The van der Waals surface area contributed by atoms with E-state index in [9.17, 15) is 18.0 Å². The summed E-state index contributed by atoms with van der Waals surface area (Å²) in [6.45, 7) is 5.22. The van der Waals surface area contributed by atoms with Gasteiger partial charge < -0.3 is 15.0 Å². The Bertz CT molecular complexity index is 1300. The molecular weight excluding hydrogens is 502 g/mol. The van der Waals surface area contributed by atoms with Crippen LogP contribution in [-0.4, -0.2) is 50.0 Å². The van der Waals surface area contributed by atoms with E-state index in [0.717, 1.165) is 22.5 Å². The van der Waals surface area contributed by atoms with Crippen LogP contribution in [0, 0.1) is 0 Å². The number of anilines is 1. The summed E-state index contributed by atoms with van der Waals surface area (Å²) in [6, 6.07) is 24.1. The number of carbonyl (C=O) groups excluding carboxylic acids is 2. The maximum absolute atomic E-state index is 13.6. The molecule has 0 bridgehead atoms. The molecule has 0 aliphatic rings. The molecule has 9 heteroatoms. The molecule has 0 heterocycles. The van der Waals surface area contributed by atoms with E-state index in [4.69, 9.17) is 4.74 Å². The highest BCUT2D eigenvalue weighted by Crippen LogP contribution is 2.26. The van der Waals surface area contributed by atoms with Crippen molar-refractivity contribution in [3.8, 4) is 11.5 Å². The number of sulfonamides is 1. The molecule has 202 valence electrons. The second-order valence-electron chi connectivity index (χ2n) is 9.18. The molecule has 2 atom stereocenters. The summed E-state index contributed by atoms with van der Waals surface area (Å²) in [6.07, 6.45) is 1.80. The fraction of sp³-hybridized carbons (Fsp3) is 0.310. The van der Waals surface area contributed by atoms with Crippen LogP contribution in [0.4, 0.5) is 5.69 Å². The Kier molecular flexibility index (Phi) is 9.90. The van der Waals surface area contributed by atoms with Gasteiger partial charge in [-0.05, 0) is 62.2 Å². The van der Waals surface area contributed by atoms with Crippen LogP contribution >= 0.6 is 0 Å². The lowest BCUT2D eigenvalue weighted by molar-refractivity contribution is -0.139. The summed E-state index contributed by atoms with van der Waals surface area (Å²) in [5.74, 6) is 0.394. The van der Waals surface area contributed by atoms with Gasteiger partial charge >= 0.3 is 0 Å². The lowest BCUT2D eigenvalue weighted by Crippen LogP contribution is -2.52. The molecule has 0 saturated heterocycles. The number of carbonyl (C=O) groups is 2. The molecule has 3 aromatic rings. The van der Waals surface area contributed by atoms with Crippen molar-refractivity contribution in [2.24, 2.45) is 0 Å². The van der Waals surface area contributed by atoms with E-state index < -0.39 is 28.5 Å². The minimum absolute atomic E-state index is 0.0530. The van der Waals surface area contributed by atoms with Gasteiger partial charge in [0.2, 0.25) is 21.8 Å². The first kappa shape index (κ1) is 28.7. The molecule has 3 rings (SSSR count). The molecule has 0 fully saturated rings. The van der Waals surface area contributed by atoms with Gasteiger partial charge in [-0.25, -0.2) is 8.42 Å². The zero-order valence-corrected chi connectivity index (χ0v) is 23.0. The van der Waals surface area contributed by atoms with Crippen molar-refractivity contribution in [3.63, 3.8) is 0 Å². The Morgan fingerprint density at radius 2 is 1.42 bits per heavy atom. The summed E-state index contributed by atoms with van der Waals surface area (Å²) in [7, 11) is -3.82. The predicted molar refractivity (Wildman–Crippen MR) is 149 cm³/mol. The monoisotopic (exact) mass is 537 g/mol. The van der Waals surface area contributed by atoms with Crippen LogP contribution in [0.15, 0.2) is 84.9 Å². The topological polar surface area (TPSA) is 96.0 Å². The molecule has 0 aliphatic carbocycles. The van der Waals surface area contributed by atoms with Gasteiger partial charge in [0.1, 0.15) is 24.1 Å². The first-order valence-corrected chi connectivity index (χ1v) is 14.4. The Hall–Kier alpha value is -3.85. The van der Waals surface area contributed by atoms with E-state index in [1.165, 1.54) is 4.90 Å². The summed E-state index contributed by atoms with van der Waals surface area (Å²) in [5, 5.41) is 2.91. The van der Waals surface area contributed by atoms with Gasteiger partial charge in [0.05, 0.1) is 11.9 Å². The fourth-order valence-corrected chi connectivity index (χ4v) is 4.60. The van der Waals surface area contributed by atoms with Crippen LogP contribution < -0.4 is 14.4 Å². The normalized spacial score (nSPS) is 12.7. The van der Waals surface area contributed by atoms with E-state index in [-0.39, 0.29) is 18.5 Å². The van der Waals surface area contributed by atoms with Crippen molar-refractivity contribution in [2.75, 3.05) is 17.1 Å². The molecule has 0 aliphatic heterocycles. The molecule has 0 saturated carbocycles. The largest absolute Gasteiger partial charge is 0.457 e. The van der Waals surface area contributed by atoms with Crippen LogP contribution in [0.25, 0.3) is 0 Å². The minimum Gasteiger partial charge on any atom is -0.457 e. The molecule has 0 unspecified atom stereocenters. The van der Waals surface area contributed by atoms with E-state index in [1.54, 1.807) is 31.2 Å². The number of ether oxygens (including phenoxy) is 1. The number of rotatable bonds is 12. The Morgan fingerprint density at radius 3 is 1.97 bits per heavy atom. The Morgan fingerprint density at radius 1 is 0.868 bits per heavy atom. The van der Waals surface area contributed by atoms with Crippen molar-refractivity contribution < 1.29 is 22.7 Å². The third kappa shape index (κ3) is 8.08. The average Bonchev–Trinajstić information content (AvgIpc) is 2.91. The number of nitrogens with zero attached hydrogens (tertiary/aromatic N) is 2. The SMILES string of the molecule is CC[C@@H](C)NC(=O)[C@H](C)N(Cc1ccccc1)C(=O)CN(c1ccc(Oc2ccccc2)cc1)S(C)(=O)=O. The maximum atomic E-state index is 13.6. The van der Waals surface area contributed by atoms with Crippen LogP contribution in [-0.2, 0) is 26.2 Å². The smallest absolute Gasteiger partial charge is 0.244 e. The lowest BCUT2D eigenvalue weighted by atomic mass is 10.1. The van der Waals surface area contributed by atoms with E-state index >= 15 is 0 Å². The number of nitrogens with one attached hydrogen (secondary N) is 1. The van der Waals surface area contributed by atoms with Crippen molar-refractivity contribution in [1.82, 2.24) is 10.2 Å². The minimum atomic E-state index is -3.82. The fourth-order valence-electron chi connectivity index (χ4n) is 3.75. The van der Waals surface area contributed by atoms with Crippen LogP contribution in [0.2, 0.25) is 0 Å². The van der Waals surface area contributed by atoms with Crippen molar-refractivity contribution in [2.45, 2.75) is 45.8 Å². The Labute approximate surface area is 225 Å². The van der Waals surface area contributed by atoms with E-state index in [0.29, 0.717) is 17.2 Å². The van der Waals surface area contributed by atoms with Gasteiger partial charge in [-0.2, -0.15) is 0 Å². The first-order chi connectivity index (χ1) is 18.1. The summed E-state index contributed by atoms with van der Waals surface area (Å²) < 4.78 is 32.3. The molecule has 0 aromatic heterocycles. The summed E-state index contributed by atoms with van der Waals surface area (Å²) in [4.78, 5) is 28.0.